The Hall–Kier alpha value is -0.960. The Kier molecular flexibility index (Phi) is 3.00. The van der Waals surface area contributed by atoms with E-state index >= 15 is 0 Å². The Bertz CT molecular complexity index is 335. The fourth-order valence-corrected chi connectivity index (χ4v) is 2.38. The van der Waals surface area contributed by atoms with Crippen LogP contribution in [0.4, 0.5) is 0 Å². The topological polar surface area (TPSA) is 29.0 Å². The second-order valence-electron chi connectivity index (χ2n) is 4.52. The molecule has 82 valence electrons. The molecule has 3 heteroatoms. The molecule has 1 atom stereocenters. The molecule has 0 aliphatic carbocycles. The summed E-state index contributed by atoms with van der Waals surface area (Å²) in [7, 11) is 0. The summed E-state index contributed by atoms with van der Waals surface area (Å²) in [5.41, 5.74) is 1.19. The van der Waals surface area contributed by atoms with Gasteiger partial charge in [-0.25, -0.2) is 9.97 Å². The minimum absolute atomic E-state index is 0.506. The molecule has 0 aromatic carbocycles. The first-order chi connectivity index (χ1) is 7.18. The van der Waals surface area contributed by atoms with Crippen molar-refractivity contribution < 1.29 is 0 Å². The van der Waals surface area contributed by atoms with Crippen LogP contribution in [0.25, 0.3) is 0 Å². The van der Waals surface area contributed by atoms with Gasteiger partial charge in [0.25, 0.3) is 0 Å². The molecule has 0 bridgehead atoms. The van der Waals surface area contributed by atoms with Crippen LogP contribution in [-0.2, 0) is 0 Å². The largest absolute Gasteiger partial charge is 0.292 e. The smallest absolute Gasteiger partial charge is 0.125 e. The van der Waals surface area contributed by atoms with Crippen molar-refractivity contribution in [2.24, 2.45) is 0 Å². The van der Waals surface area contributed by atoms with Crippen LogP contribution in [0.5, 0.6) is 0 Å². The zero-order valence-electron chi connectivity index (χ0n) is 9.77. The highest BCUT2D eigenvalue weighted by atomic mass is 15.2. The van der Waals surface area contributed by atoms with Crippen LogP contribution >= 0.6 is 0 Å². The normalized spacial score (nSPS) is 22.5. The van der Waals surface area contributed by atoms with E-state index in [9.17, 15) is 0 Å². The van der Waals surface area contributed by atoms with E-state index in [1.807, 2.05) is 13.1 Å². The summed E-state index contributed by atoms with van der Waals surface area (Å²) in [5.74, 6) is 0.878. The highest BCUT2D eigenvalue weighted by molar-refractivity contribution is 5.09. The number of hydrogen-bond acceptors (Lipinski definition) is 3. The zero-order valence-corrected chi connectivity index (χ0v) is 9.77. The maximum absolute atomic E-state index is 4.54. The van der Waals surface area contributed by atoms with Gasteiger partial charge in [0.1, 0.15) is 5.82 Å². The molecule has 1 aliphatic rings. The lowest BCUT2D eigenvalue weighted by Gasteiger charge is -2.27. The molecule has 1 aliphatic heterocycles. The van der Waals surface area contributed by atoms with E-state index in [4.69, 9.17) is 0 Å². The third-order valence-corrected chi connectivity index (χ3v) is 3.10. The third-order valence-electron chi connectivity index (χ3n) is 3.10. The van der Waals surface area contributed by atoms with E-state index in [0.717, 1.165) is 5.82 Å². The molecule has 1 fully saturated rings. The summed E-state index contributed by atoms with van der Waals surface area (Å²) in [6.45, 7) is 7.67. The Morgan fingerprint density at radius 2 is 2.27 bits per heavy atom. The SMILES string of the molecule is Cc1nccc(C2CCCN2C(C)C)n1. The van der Waals surface area contributed by atoms with Crippen molar-refractivity contribution in [1.29, 1.82) is 0 Å². The van der Waals surface area contributed by atoms with Gasteiger partial charge in [-0.2, -0.15) is 0 Å². The molecule has 1 aromatic heterocycles. The van der Waals surface area contributed by atoms with E-state index < -0.39 is 0 Å². The van der Waals surface area contributed by atoms with E-state index in [-0.39, 0.29) is 0 Å². The van der Waals surface area contributed by atoms with Crippen LogP contribution in [0, 0.1) is 6.92 Å². The van der Waals surface area contributed by atoms with Gasteiger partial charge in [-0.05, 0) is 46.2 Å². The molecule has 15 heavy (non-hydrogen) atoms. The van der Waals surface area contributed by atoms with E-state index in [0.29, 0.717) is 12.1 Å². The summed E-state index contributed by atoms with van der Waals surface area (Å²) in [6, 6.07) is 3.16. The summed E-state index contributed by atoms with van der Waals surface area (Å²) in [4.78, 5) is 11.2. The molecular weight excluding hydrogens is 186 g/mol. The third kappa shape index (κ3) is 2.17. The first-order valence-corrected chi connectivity index (χ1v) is 5.74. The van der Waals surface area contributed by atoms with Crippen molar-refractivity contribution >= 4 is 0 Å². The number of rotatable bonds is 2. The lowest BCUT2D eigenvalue weighted by atomic mass is 10.1. The fourth-order valence-electron chi connectivity index (χ4n) is 2.38. The van der Waals surface area contributed by atoms with Crippen LogP contribution in [-0.4, -0.2) is 27.5 Å². The maximum Gasteiger partial charge on any atom is 0.125 e. The van der Waals surface area contributed by atoms with Gasteiger partial charge in [0, 0.05) is 12.2 Å². The zero-order chi connectivity index (χ0) is 10.8. The van der Waals surface area contributed by atoms with Gasteiger partial charge in [-0.15, -0.1) is 0 Å². The van der Waals surface area contributed by atoms with Crippen LogP contribution in [0.2, 0.25) is 0 Å². The number of nitrogens with zero attached hydrogens (tertiary/aromatic N) is 3. The number of aromatic nitrogens is 2. The van der Waals surface area contributed by atoms with Gasteiger partial charge in [-0.1, -0.05) is 0 Å². The Morgan fingerprint density at radius 3 is 2.93 bits per heavy atom. The molecule has 1 aromatic rings. The minimum Gasteiger partial charge on any atom is -0.292 e. The first-order valence-electron chi connectivity index (χ1n) is 5.74. The van der Waals surface area contributed by atoms with Crippen LogP contribution in [0.15, 0.2) is 12.3 Å². The van der Waals surface area contributed by atoms with Gasteiger partial charge < -0.3 is 0 Å². The molecule has 0 saturated carbocycles. The van der Waals surface area contributed by atoms with Crippen molar-refractivity contribution in [1.82, 2.24) is 14.9 Å². The number of aryl methyl sites for hydroxylation is 1. The molecule has 0 N–H and O–H groups in total. The lowest BCUT2D eigenvalue weighted by Crippen LogP contribution is -2.30. The van der Waals surface area contributed by atoms with Gasteiger partial charge >= 0.3 is 0 Å². The maximum atomic E-state index is 4.54. The Labute approximate surface area is 91.5 Å². The van der Waals surface area contributed by atoms with Crippen molar-refractivity contribution in [3.05, 3.63) is 23.8 Å². The van der Waals surface area contributed by atoms with Crippen molar-refractivity contribution in [3.8, 4) is 0 Å². The molecule has 1 unspecified atom stereocenters. The molecule has 0 radical (unpaired) electrons. The summed E-state index contributed by atoms with van der Waals surface area (Å²) in [6.07, 6.45) is 4.38. The van der Waals surface area contributed by atoms with Crippen molar-refractivity contribution in [2.45, 2.75) is 45.7 Å². The highest BCUT2D eigenvalue weighted by Crippen LogP contribution is 2.31. The second kappa shape index (κ2) is 4.27. The van der Waals surface area contributed by atoms with Gasteiger partial charge in [-0.3, -0.25) is 4.90 Å². The van der Waals surface area contributed by atoms with Crippen molar-refractivity contribution in [2.75, 3.05) is 6.54 Å². The molecule has 2 heterocycles. The molecule has 2 rings (SSSR count). The molecular formula is C12H19N3. The Balaban J connectivity index is 2.22. The average molecular weight is 205 g/mol. The van der Waals surface area contributed by atoms with Gasteiger partial charge in [0.05, 0.1) is 11.7 Å². The Morgan fingerprint density at radius 1 is 1.47 bits per heavy atom. The standard InChI is InChI=1S/C12H19N3/c1-9(2)15-8-4-5-12(15)11-6-7-13-10(3)14-11/h6-7,9,12H,4-5,8H2,1-3H3. The van der Waals surface area contributed by atoms with Crippen LogP contribution in [0.3, 0.4) is 0 Å². The lowest BCUT2D eigenvalue weighted by molar-refractivity contribution is 0.202. The summed E-state index contributed by atoms with van der Waals surface area (Å²) in [5, 5.41) is 0. The van der Waals surface area contributed by atoms with E-state index in [2.05, 4.69) is 34.8 Å². The quantitative estimate of drug-likeness (QED) is 0.742. The predicted octanol–water partition coefficient (Wildman–Crippen LogP) is 2.33. The molecule has 1 saturated heterocycles. The van der Waals surface area contributed by atoms with Crippen LogP contribution in [0.1, 0.15) is 44.2 Å². The molecule has 3 nitrogen and oxygen atoms in total. The highest BCUT2D eigenvalue weighted by Gasteiger charge is 2.28. The monoisotopic (exact) mass is 205 g/mol. The predicted molar refractivity (Wildman–Crippen MR) is 60.6 cm³/mol. The number of hydrogen-bond donors (Lipinski definition) is 0. The number of likely N-dealkylation sites (tertiary alicyclic amines) is 1. The minimum atomic E-state index is 0.506. The average Bonchev–Trinajstić information content (AvgIpc) is 2.65. The first kappa shape index (κ1) is 10.6. The van der Waals surface area contributed by atoms with Gasteiger partial charge in [0.15, 0.2) is 0 Å². The molecule has 0 amide bonds. The van der Waals surface area contributed by atoms with E-state index in [1.54, 1.807) is 0 Å². The molecule has 0 spiro atoms. The summed E-state index contributed by atoms with van der Waals surface area (Å²) < 4.78 is 0. The second-order valence-corrected chi connectivity index (χ2v) is 4.52. The van der Waals surface area contributed by atoms with Crippen molar-refractivity contribution in [3.63, 3.8) is 0 Å². The van der Waals surface area contributed by atoms with Gasteiger partial charge in [0.2, 0.25) is 0 Å². The van der Waals surface area contributed by atoms with Crippen LogP contribution < -0.4 is 0 Å². The van der Waals surface area contributed by atoms with E-state index in [1.165, 1.54) is 25.1 Å². The summed E-state index contributed by atoms with van der Waals surface area (Å²) >= 11 is 0. The fraction of sp³-hybridized carbons (Fsp3) is 0.667.